The second kappa shape index (κ2) is 10.8. The predicted molar refractivity (Wildman–Crippen MR) is 79.3 cm³/mol. The van der Waals surface area contributed by atoms with E-state index in [0.29, 0.717) is 0 Å². The van der Waals surface area contributed by atoms with Gasteiger partial charge < -0.3 is 45.6 Å². The summed E-state index contributed by atoms with van der Waals surface area (Å²) in [5.74, 6) is 0. The Kier molecular flexibility index (Phi) is 10.4. The van der Waals surface area contributed by atoms with Gasteiger partial charge in [-0.3, -0.25) is 0 Å². The fourth-order valence-electron chi connectivity index (χ4n) is 2.21. The maximum atomic E-state index is 10.1. The van der Waals surface area contributed by atoms with Gasteiger partial charge in [-0.25, -0.2) is 0 Å². The molecule has 0 aromatic heterocycles. The zero-order valence-corrected chi connectivity index (χ0v) is 12.7. The normalized spacial score (nSPS) is 20.4. The molecule has 0 fully saturated rings. The van der Waals surface area contributed by atoms with E-state index < -0.39 is 62.0 Å². The Labute approximate surface area is 134 Å². The Morgan fingerprint density at radius 1 is 0.913 bits per heavy atom. The van der Waals surface area contributed by atoms with Crippen molar-refractivity contribution in [1.29, 1.82) is 0 Å². The van der Waals surface area contributed by atoms with E-state index in [-0.39, 0.29) is 6.61 Å². The summed E-state index contributed by atoms with van der Waals surface area (Å²) in [6.07, 6.45) is -4.71. The number of aliphatic hydroxyl groups excluding tert-OH is 8. The van der Waals surface area contributed by atoms with Crippen LogP contribution in [0.1, 0.15) is 0 Å². The molecule has 4 unspecified atom stereocenters. The second-order valence-corrected chi connectivity index (χ2v) is 4.86. The van der Waals surface area contributed by atoms with Crippen molar-refractivity contribution in [1.82, 2.24) is 0 Å². The van der Waals surface area contributed by atoms with Crippen molar-refractivity contribution in [2.45, 2.75) is 30.0 Å². The summed E-state index contributed by atoms with van der Waals surface area (Å²) < 4.78 is 5.34. The molecule has 0 radical (unpaired) electrons. The fourth-order valence-corrected chi connectivity index (χ4v) is 2.21. The van der Waals surface area contributed by atoms with Gasteiger partial charge in [-0.05, 0) is 11.6 Å². The summed E-state index contributed by atoms with van der Waals surface area (Å²) >= 11 is 0. The van der Waals surface area contributed by atoms with Crippen LogP contribution in [0, 0.1) is 0 Å². The standard InChI is InChI=1S/C14H26O9/c1-2-3-23-14(12(21)7-17,13(22)8-18)10(11(20)6-16)4-9(19)5-15/h2,4,9,11-13,15-22H,1,3,5-8H2/b10-4+. The average molecular weight is 338 g/mol. The first-order valence-electron chi connectivity index (χ1n) is 6.98. The number of rotatable bonds is 12. The average Bonchev–Trinajstić information content (AvgIpc) is 2.58. The zero-order chi connectivity index (χ0) is 18.0. The van der Waals surface area contributed by atoms with Gasteiger partial charge in [-0.15, -0.1) is 6.58 Å². The van der Waals surface area contributed by atoms with Gasteiger partial charge in [0.25, 0.3) is 0 Å². The molecular formula is C14H26O9. The van der Waals surface area contributed by atoms with E-state index in [9.17, 15) is 35.7 Å². The van der Waals surface area contributed by atoms with Crippen molar-refractivity contribution in [3.05, 3.63) is 24.3 Å². The quantitative estimate of drug-likeness (QED) is 0.167. The van der Waals surface area contributed by atoms with Gasteiger partial charge in [0.15, 0.2) is 0 Å². The molecule has 4 atom stereocenters. The first-order valence-corrected chi connectivity index (χ1v) is 6.98. The smallest absolute Gasteiger partial charge is 0.148 e. The van der Waals surface area contributed by atoms with Gasteiger partial charge in [0.2, 0.25) is 0 Å². The van der Waals surface area contributed by atoms with Crippen LogP contribution in [-0.2, 0) is 4.74 Å². The maximum absolute atomic E-state index is 10.1. The van der Waals surface area contributed by atoms with Crippen molar-refractivity contribution in [3.63, 3.8) is 0 Å². The molecule has 136 valence electrons. The lowest BCUT2D eigenvalue weighted by Gasteiger charge is -2.43. The minimum absolute atomic E-state index is 0.251. The van der Waals surface area contributed by atoms with Crippen LogP contribution in [0.5, 0.6) is 0 Å². The Morgan fingerprint density at radius 2 is 1.43 bits per heavy atom. The summed E-state index contributed by atoms with van der Waals surface area (Å²) in [4.78, 5) is 0. The van der Waals surface area contributed by atoms with Gasteiger partial charge in [-0.2, -0.15) is 0 Å². The van der Waals surface area contributed by atoms with Crippen LogP contribution in [0.15, 0.2) is 24.3 Å². The van der Waals surface area contributed by atoms with Gasteiger partial charge in [0.05, 0.1) is 39.1 Å². The van der Waals surface area contributed by atoms with Gasteiger partial charge in [0.1, 0.15) is 23.9 Å². The lowest BCUT2D eigenvalue weighted by molar-refractivity contribution is -0.179. The van der Waals surface area contributed by atoms with E-state index in [0.717, 1.165) is 6.08 Å². The highest BCUT2D eigenvalue weighted by atomic mass is 16.5. The molecular weight excluding hydrogens is 312 g/mol. The molecule has 0 saturated heterocycles. The van der Waals surface area contributed by atoms with Crippen LogP contribution in [0.3, 0.4) is 0 Å². The third kappa shape index (κ3) is 5.31. The van der Waals surface area contributed by atoms with Crippen LogP contribution in [0.2, 0.25) is 0 Å². The highest BCUT2D eigenvalue weighted by Gasteiger charge is 2.50. The van der Waals surface area contributed by atoms with Crippen molar-refractivity contribution in [2.75, 3.05) is 33.0 Å². The molecule has 0 bridgehead atoms. The van der Waals surface area contributed by atoms with Crippen molar-refractivity contribution in [3.8, 4) is 0 Å². The Hall–Kier alpha value is -0.880. The van der Waals surface area contributed by atoms with Crippen molar-refractivity contribution in [2.24, 2.45) is 0 Å². The molecule has 9 heteroatoms. The molecule has 0 heterocycles. The van der Waals surface area contributed by atoms with Crippen LogP contribution in [0.25, 0.3) is 0 Å². The lowest BCUT2D eigenvalue weighted by atomic mass is 9.79. The van der Waals surface area contributed by atoms with E-state index in [4.69, 9.17) is 9.84 Å². The second-order valence-electron chi connectivity index (χ2n) is 4.86. The molecule has 0 aromatic rings. The summed E-state index contributed by atoms with van der Waals surface area (Å²) in [5.41, 5.74) is -2.64. The molecule has 8 N–H and O–H groups in total. The monoisotopic (exact) mass is 338 g/mol. The van der Waals surface area contributed by atoms with E-state index in [2.05, 4.69) is 6.58 Å². The highest BCUT2D eigenvalue weighted by Crippen LogP contribution is 2.33. The van der Waals surface area contributed by atoms with Gasteiger partial charge in [-0.1, -0.05) is 6.08 Å². The molecule has 23 heavy (non-hydrogen) atoms. The number of hydrogen-bond donors (Lipinski definition) is 8. The van der Waals surface area contributed by atoms with E-state index in [1.165, 1.54) is 6.08 Å². The Bertz CT molecular complexity index is 361. The van der Waals surface area contributed by atoms with E-state index >= 15 is 0 Å². The molecule has 0 amide bonds. The molecule has 0 aliphatic heterocycles. The summed E-state index contributed by atoms with van der Waals surface area (Å²) in [7, 11) is 0. The van der Waals surface area contributed by atoms with Gasteiger partial charge >= 0.3 is 0 Å². The minimum Gasteiger partial charge on any atom is -0.394 e. The SMILES string of the molecule is C=CCOC(/C(=C/C(O)CO)C(O)CO)(C(O)CO)C(O)CO. The molecule has 0 aliphatic rings. The van der Waals surface area contributed by atoms with Crippen molar-refractivity contribution >= 4 is 0 Å². The first kappa shape index (κ1) is 22.1. The molecule has 0 aliphatic carbocycles. The molecule has 0 spiro atoms. The van der Waals surface area contributed by atoms with Gasteiger partial charge in [0, 0.05) is 0 Å². The van der Waals surface area contributed by atoms with Crippen molar-refractivity contribution < 1.29 is 45.6 Å². The number of aliphatic hydroxyl groups is 8. The highest BCUT2D eigenvalue weighted by molar-refractivity contribution is 5.28. The fraction of sp³-hybridized carbons (Fsp3) is 0.714. The largest absolute Gasteiger partial charge is 0.394 e. The third-order valence-electron chi connectivity index (χ3n) is 3.32. The zero-order valence-electron chi connectivity index (χ0n) is 12.7. The maximum Gasteiger partial charge on any atom is 0.148 e. The summed E-state index contributed by atoms with van der Waals surface area (Å²) in [5, 5.41) is 76.5. The topological polar surface area (TPSA) is 171 Å². The van der Waals surface area contributed by atoms with Crippen LogP contribution in [-0.4, -0.2) is 104 Å². The Balaban J connectivity index is 6.25. The van der Waals surface area contributed by atoms with Crippen LogP contribution < -0.4 is 0 Å². The molecule has 0 saturated carbocycles. The minimum atomic E-state index is -2.24. The van der Waals surface area contributed by atoms with Crippen LogP contribution >= 0.6 is 0 Å². The third-order valence-corrected chi connectivity index (χ3v) is 3.32. The molecule has 0 aromatic carbocycles. The first-order chi connectivity index (χ1) is 10.8. The Morgan fingerprint density at radius 3 is 1.78 bits per heavy atom. The molecule has 9 nitrogen and oxygen atoms in total. The lowest BCUT2D eigenvalue weighted by Crippen LogP contribution is -2.61. The summed E-state index contributed by atoms with van der Waals surface area (Å²) in [6, 6.07) is 0. The number of hydrogen-bond acceptors (Lipinski definition) is 9. The van der Waals surface area contributed by atoms with E-state index in [1.807, 2.05) is 0 Å². The molecule has 0 rings (SSSR count). The number of ether oxygens (including phenoxy) is 1. The summed E-state index contributed by atoms with van der Waals surface area (Å²) in [6.45, 7) is -0.293. The predicted octanol–water partition coefficient (Wildman–Crippen LogP) is -3.73. The van der Waals surface area contributed by atoms with E-state index in [1.54, 1.807) is 0 Å². The van der Waals surface area contributed by atoms with Crippen LogP contribution in [0.4, 0.5) is 0 Å².